The van der Waals surface area contributed by atoms with E-state index >= 15 is 0 Å². The van der Waals surface area contributed by atoms with Crippen LogP contribution < -0.4 is 4.74 Å². The summed E-state index contributed by atoms with van der Waals surface area (Å²) in [6, 6.07) is 13.7. The largest absolute Gasteiger partial charge is 0.490 e. The van der Waals surface area contributed by atoms with E-state index in [9.17, 15) is 0 Å². The lowest BCUT2D eigenvalue weighted by Crippen LogP contribution is -2.30. The summed E-state index contributed by atoms with van der Waals surface area (Å²) in [7, 11) is 0. The second-order valence-electron chi connectivity index (χ2n) is 10.2. The van der Waals surface area contributed by atoms with E-state index in [1.807, 2.05) is 19.1 Å². The van der Waals surface area contributed by atoms with Crippen LogP contribution in [0.25, 0.3) is 10.8 Å². The molecule has 0 aromatic heterocycles. The Balaban J connectivity index is 1.33. The highest BCUT2D eigenvalue weighted by Gasteiger charge is 2.35. The third-order valence-corrected chi connectivity index (χ3v) is 8.08. The van der Waals surface area contributed by atoms with Crippen molar-refractivity contribution in [2.45, 2.75) is 90.4 Å². The van der Waals surface area contributed by atoms with Crippen molar-refractivity contribution >= 4 is 10.8 Å². The number of fused-ring (bicyclic) bond motifs is 2. The number of allylic oxidation sites excluding steroid dienone is 1. The maximum Gasteiger partial charge on any atom is 0.120 e. The van der Waals surface area contributed by atoms with Gasteiger partial charge in [-0.05, 0) is 91.2 Å². The van der Waals surface area contributed by atoms with Crippen molar-refractivity contribution in [3.05, 3.63) is 54.1 Å². The van der Waals surface area contributed by atoms with Gasteiger partial charge in [-0.25, -0.2) is 0 Å². The topological polar surface area (TPSA) is 9.23 Å². The van der Waals surface area contributed by atoms with Crippen LogP contribution in [0.15, 0.2) is 48.6 Å². The molecule has 0 heterocycles. The molecule has 4 rings (SSSR count). The van der Waals surface area contributed by atoms with Crippen molar-refractivity contribution in [1.29, 1.82) is 0 Å². The number of rotatable bonds is 9. The Hall–Kier alpha value is -1.76. The fraction of sp³-hybridized carbons (Fsp3) is 0.600. The molecule has 31 heavy (non-hydrogen) atoms. The molecule has 2 aromatic carbocycles. The van der Waals surface area contributed by atoms with Gasteiger partial charge in [0.2, 0.25) is 0 Å². The van der Waals surface area contributed by atoms with Gasteiger partial charge in [-0.1, -0.05) is 81.9 Å². The van der Waals surface area contributed by atoms with Gasteiger partial charge in [0.15, 0.2) is 0 Å². The van der Waals surface area contributed by atoms with Crippen LogP contribution in [-0.2, 0) is 0 Å². The Morgan fingerprint density at radius 1 is 0.871 bits per heavy atom. The second kappa shape index (κ2) is 11.2. The van der Waals surface area contributed by atoms with Crippen LogP contribution in [0, 0.1) is 17.8 Å². The van der Waals surface area contributed by atoms with E-state index in [1.165, 1.54) is 81.4 Å². The Kier molecular flexibility index (Phi) is 8.11. The molecule has 0 amide bonds. The lowest BCUT2D eigenvalue weighted by molar-refractivity contribution is 0.113. The summed E-state index contributed by atoms with van der Waals surface area (Å²) in [6.45, 7) is 4.99. The van der Waals surface area contributed by atoms with Gasteiger partial charge < -0.3 is 4.74 Å². The molecule has 0 bridgehead atoms. The summed E-state index contributed by atoms with van der Waals surface area (Å²) in [4.78, 5) is 0. The number of ether oxygens (including phenoxy) is 1. The Labute approximate surface area is 190 Å². The average Bonchev–Trinajstić information content (AvgIpc) is 2.81. The van der Waals surface area contributed by atoms with E-state index in [2.05, 4.69) is 43.3 Å². The minimum Gasteiger partial charge on any atom is -0.490 e. The van der Waals surface area contributed by atoms with Crippen molar-refractivity contribution in [2.24, 2.45) is 17.8 Å². The van der Waals surface area contributed by atoms with E-state index in [-0.39, 0.29) is 0 Å². The molecule has 168 valence electrons. The molecule has 2 aliphatic rings. The smallest absolute Gasteiger partial charge is 0.120 e. The van der Waals surface area contributed by atoms with Crippen LogP contribution in [0.5, 0.6) is 5.75 Å². The van der Waals surface area contributed by atoms with Gasteiger partial charge >= 0.3 is 0 Å². The normalized spacial score (nSPS) is 26.3. The fourth-order valence-corrected chi connectivity index (χ4v) is 6.24. The Bertz CT molecular complexity index is 851. The molecule has 0 aliphatic heterocycles. The van der Waals surface area contributed by atoms with Gasteiger partial charge in [0.25, 0.3) is 0 Å². The molecule has 2 aliphatic carbocycles. The van der Waals surface area contributed by atoms with Crippen LogP contribution in [0.1, 0.15) is 96.0 Å². The summed E-state index contributed by atoms with van der Waals surface area (Å²) in [5, 5.41) is 2.65. The lowest BCUT2D eigenvalue weighted by Gasteiger charge is -2.42. The average molecular weight is 419 g/mol. The van der Waals surface area contributed by atoms with Gasteiger partial charge in [-0.15, -0.1) is 0 Å². The van der Waals surface area contributed by atoms with Gasteiger partial charge in [0.05, 0.1) is 0 Å². The summed E-state index contributed by atoms with van der Waals surface area (Å²) in [5.74, 6) is 4.74. The van der Waals surface area contributed by atoms with Crippen LogP contribution in [0.3, 0.4) is 0 Å². The predicted molar refractivity (Wildman–Crippen MR) is 134 cm³/mol. The van der Waals surface area contributed by atoms with Gasteiger partial charge in [-0.2, -0.15) is 0 Å². The van der Waals surface area contributed by atoms with Gasteiger partial charge in [-0.3, -0.25) is 0 Å². The van der Waals surface area contributed by atoms with E-state index < -0.39 is 0 Å². The number of hydrogen-bond acceptors (Lipinski definition) is 1. The molecule has 1 nitrogen and oxygen atoms in total. The highest BCUT2D eigenvalue weighted by molar-refractivity contribution is 5.84. The quantitative estimate of drug-likeness (QED) is 0.291. The number of benzene rings is 2. The van der Waals surface area contributed by atoms with Crippen LogP contribution in [0.2, 0.25) is 0 Å². The minimum absolute atomic E-state index is 0.643. The summed E-state index contributed by atoms with van der Waals surface area (Å²) in [6.07, 6.45) is 20.0. The SMILES string of the molecule is CC=CCOc1ccc2cc(C3CCC4CC(CCCCCC)CCC4C3)ccc2c1. The first-order chi connectivity index (χ1) is 15.3. The van der Waals surface area contributed by atoms with E-state index in [4.69, 9.17) is 4.74 Å². The maximum absolute atomic E-state index is 5.82. The van der Waals surface area contributed by atoms with Crippen LogP contribution in [0.4, 0.5) is 0 Å². The summed E-state index contributed by atoms with van der Waals surface area (Å²) >= 11 is 0. The zero-order valence-corrected chi connectivity index (χ0v) is 19.8. The van der Waals surface area contributed by atoms with Crippen LogP contribution in [-0.4, -0.2) is 6.61 Å². The number of unbranched alkanes of at least 4 members (excludes halogenated alkanes) is 3. The first kappa shape index (κ1) is 22.4. The van der Waals surface area contributed by atoms with Crippen LogP contribution >= 0.6 is 0 Å². The zero-order chi connectivity index (χ0) is 21.5. The van der Waals surface area contributed by atoms with E-state index in [0.29, 0.717) is 6.61 Å². The van der Waals surface area contributed by atoms with Gasteiger partial charge in [0.1, 0.15) is 12.4 Å². The molecule has 2 saturated carbocycles. The lowest BCUT2D eigenvalue weighted by atomic mass is 9.63. The molecule has 1 heteroatoms. The van der Waals surface area contributed by atoms with Crippen molar-refractivity contribution < 1.29 is 4.74 Å². The fourth-order valence-electron chi connectivity index (χ4n) is 6.24. The second-order valence-corrected chi connectivity index (χ2v) is 10.2. The molecule has 0 saturated heterocycles. The van der Waals surface area contributed by atoms with Gasteiger partial charge in [0, 0.05) is 0 Å². The third-order valence-electron chi connectivity index (χ3n) is 8.08. The third kappa shape index (κ3) is 5.93. The molecular weight excluding hydrogens is 376 g/mol. The summed E-state index contributed by atoms with van der Waals surface area (Å²) < 4.78 is 5.82. The molecule has 2 fully saturated rings. The molecule has 2 aromatic rings. The number of hydrogen-bond donors (Lipinski definition) is 0. The molecular formula is C30H42O. The highest BCUT2D eigenvalue weighted by Crippen LogP contribution is 2.48. The van der Waals surface area contributed by atoms with Crippen molar-refractivity contribution in [3.8, 4) is 5.75 Å². The molecule has 0 N–H and O–H groups in total. The summed E-state index contributed by atoms with van der Waals surface area (Å²) in [5.41, 5.74) is 1.57. The zero-order valence-electron chi connectivity index (χ0n) is 19.8. The predicted octanol–water partition coefficient (Wildman–Crippen LogP) is 9.07. The molecule has 0 radical (unpaired) electrons. The first-order valence-corrected chi connectivity index (χ1v) is 13.0. The van der Waals surface area contributed by atoms with Crippen molar-refractivity contribution in [3.63, 3.8) is 0 Å². The minimum atomic E-state index is 0.643. The molecule has 0 spiro atoms. The first-order valence-electron chi connectivity index (χ1n) is 13.0. The van der Waals surface area contributed by atoms with Crippen molar-refractivity contribution in [2.75, 3.05) is 6.61 Å². The maximum atomic E-state index is 5.82. The van der Waals surface area contributed by atoms with E-state index in [1.54, 1.807) is 5.56 Å². The highest BCUT2D eigenvalue weighted by atomic mass is 16.5. The molecule has 4 unspecified atom stereocenters. The van der Waals surface area contributed by atoms with E-state index in [0.717, 1.165) is 29.4 Å². The Morgan fingerprint density at radius 2 is 1.68 bits per heavy atom. The molecule has 4 atom stereocenters. The van der Waals surface area contributed by atoms with Crippen molar-refractivity contribution in [1.82, 2.24) is 0 Å². The standard InChI is InChI=1S/C30H42O/c1-3-5-7-8-9-23-10-11-25-20-26(13-12-24(25)19-23)27-14-15-29-22-30(31-18-6-4-2)17-16-28(29)21-27/h4,6,14-17,21-26H,3,5,7-13,18-20H2,1-2H3. The Morgan fingerprint density at radius 3 is 2.55 bits per heavy atom. The monoisotopic (exact) mass is 418 g/mol.